The van der Waals surface area contributed by atoms with Gasteiger partial charge in [-0.3, -0.25) is 9.59 Å². The SMILES string of the molecule is COC(=O)c1ccc(NC(=O)C(=O)NC[C@@](C)(O)Cc2ccc(OC)cc2)cc1. The molecule has 0 heterocycles. The summed E-state index contributed by atoms with van der Waals surface area (Å²) in [6.45, 7) is 1.47. The van der Waals surface area contributed by atoms with Crippen LogP contribution in [0.1, 0.15) is 22.8 Å². The number of anilines is 1. The van der Waals surface area contributed by atoms with E-state index in [1.165, 1.54) is 31.4 Å². The van der Waals surface area contributed by atoms with Gasteiger partial charge in [0.25, 0.3) is 0 Å². The maximum absolute atomic E-state index is 12.0. The highest BCUT2D eigenvalue weighted by atomic mass is 16.5. The average molecular weight is 400 g/mol. The van der Waals surface area contributed by atoms with Gasteiger partial charge in [-0.1, -0.05) is 12.1 Å². The van der Waals surface area contributed by atoms with Crippen molar-refractivity contribution in [2.24, 2.45) is 0 Å². The molecule has 0 aliphatic heterocycles. The van der Waals surface area contributed by atoms with Gasteiger partial charge in [0.05, 0.1) is 25.4 Å². The fourth-order valence-electron chi connectivity index (χ4n) is 2.59. The van der Waals surface area contributed by atoms with Gasteiger partial charge in [-0.25, -0.2) is 4.79 Å². The minimum Gasteiger partial charge on any atom is -0.497 e. The molecule has 2 amide bonds. The molecule has 0 bridgehead atoms. The normalized spacial score (nSPS) is 12.4. The van der Waals surface area contributed by atoms with E-state index in [1.807, 2.05) is 12.1 Å². The molecule has 0 aliphatic rings. The number of ether oxygens (including phenoxy) is 2. The lowest BCUT2D eigenvalue weighted by atomic mass is 9.96. The number of esters is 1. The summed E-state index contributed by atoms with van der Waals surface area (Å²) in [5.74, 6) is -1.55. The zero-order valence-electron chi connectivity index (χ0n) is 16.5. The van der Waals surface area contributed by atoms with Crippen molar-refractivity contribution in [3.8, 4) is 5.75 Å². The molecule has 0 aromatic heterocycles. The van der Waals surface area contributed by atoms with Crippen LogP contribution in [0.25, 0.3) is 0 Å². The number of benzene rings is 2. The molecule has 0 unspecified atom stereocenters. The monoisotopic (exact) mass is 400 g/mol. The smallest absolute Gasteiger partial charge is 0.337 e. The Morgan fingerprint density at radius 1 is 0.966 bits per heavy atom. The van der Waals surface area contributed by atoms with Gasteiger partial charge >= 0.3 is 17.8 Å². The zero-order valence-corrected chi connectivity index (χ0v) is 16.5. The second-order valence-electron chi connectivity index (χ2n) is 6.73. The van der Waals surface area contributed by atoms with Crippen LogP contribution in [-0.2, 0) is 20.7 Å². The van der Waals surface area contributed by atoms with E-state index in [2.05, 4.69) is 15.4 Å². The maximum Gasteiger partial charge on any atom is 0.337 e. The van der Waals surface area contributed by atoms with Crippen molar-refractivity contribution in [1.82, 2.24) is 5.32 Å². The van der Waals surface area contributed by atoms with Crippen molar-refractivity contribution >= 4 is 23.5 Å². The van der Waals surface area contributed by atoms with Gasteiger partial charge in [0.1, 0.15) is 5.75 Å². The van der Waals surface area contributed by atoms with E-state index in [9.17, 15) is 19.5 Å². The molecule has 29 heavy (non-hydrogen) atoms. The van der Waals surface area contributed by atoms with E-state index in [4.69, 9.17) is 4.74 Å². The lowest BCUT2D eigenvalue weighted by molar-refractivity contribution is -0.136. The van der Waals surface area contributed by atoms with Crippen LogP contribution in [0.4, 0.5) is 5.69 Å². The van der Waals surface area contributed by atoms with Crippen molar-refractivity contribution in [1.29, 1.82) is 0 Å². The maximum atomic E-state index is 12.0. The molecule has 0 saturated heterocycles. The molecule has 0 aliphatic carbocycles. The topological polar surface area (TPSA) is 114 Å². The summed E-state index contributed by atoms with van der Waals surface area (Å²) >= 11 is 0. The van der Waals surface area contributed by atoms with Gasteiger partial charge in [-0.2, -0.15) is 0 Å². The van der Waals surface area contributed by atoms with Crippen molar-refractivity contribution < 1.29 is 29.0 Å². The molecule has 2 aromatic rings. The first-order valence-electron chi connectivity index (χ1n) is 8.87. The van der Waals surface area contributed by atoms with Gasteiger partial charge in [0, 0.05) is 18.7 Å². The second-order valence-corrected chi connectivity index (χ2v) is 6.73. The first-order chi connectivity index (χ1) is 13.7. The molecule has 0 fully saturated rings. The van der Waals surface area contributed by atoms with Crippen molar-refractivity contribution in [3.63, 3.8) is 0 Å². The standard InChI is InChI=1S/C21H24N2O6/c1-21(27,12-14-4-10-17(28-2)11-5-14)13-22-18(24)19(25)23-16-8-6-15(7-9-16)20(26)29-3/h4-11,27H,12-13H2,1-3H3,(H,22,24)(H,23,25)/t21-/m0/s1. The van der Waals surface area contributed by atoms with E-state index in [0.717, 1.165) is 5.56 Å². The molecule has 3 N–H and O–H groups in total. The van der Waals surface area contributed by atoms with Crippen LogP contribution < -0.4 is 15.4 Å². The second kappa shape index (κ2) is 9.70. The molecule has 2 rings (SSSR count). The Morgan fingerprint density at radius 2 is 1.59 bits per heavy atom. The predicted octanol–water partition coefficient (Wildman–Crippen LogP) is 1.53. The van der Waals surface area contributed by atoms with E-state index in [0.29, 0.717) is 17.0 Å². The number of hydrogen-bond acceptors (Lipinski definition) is 6. The van der Waals surface area contributed by atoms with Crippen LogP contribution >= 0.6 is 0 Å². The summed E-state index contributed by atoms with van der Waals surface area (Å²) in [5, 5.41) is 15.3. The van der Waals surface area contributed by atoms with E-state index >= 15 is 0 Å². The van der Waals surface area contributed by atoms with Crippen LogP contribution in [0.15, 0.2) is 48.5 Å². The van der Waals surface area contributed by atoms with E-state index in [-0.39, 0.29) is 13.0 Å². The molecular weight excluding hydrogens is 376 g/mol. The summed E-state index contributed by atoms with van der Waals surface area (Å²) in [6, 6.07) is 13.1. The number of amides is 2. The molecule has 0 saturated carbocycles. The zero-order chi connectivity index (χ0) is 21.4. The van der Waals surface area contributed by atoms with Gasteiger partial charge in [-0.15, -0.1) is 0 Å². The Kier molecular flexibility index (Phi) is 7.33. The summed E-state index contributed by atoms with van der Waals surface area (Å²) in [7, 11) is 2.84. The van der Waals surface area contributed by atoms with Crippen molar-refractivity contribution in [2.75, 3.05) is 26.1 Å². The summed E-state index contributed by atoms with van der Waals surface area (Å²) < 4.78 is 9.68. The van der Waals surface area contributed by atoms with Crippen LogP contribution in [0.5, 0.6) is 5.75 Å². The Labute approximate surface area is 168 Å². The number of methoxy groups -OCH3 is 2. The lowest BCUT2D eigenvalue weighted by Crippen LogP contribution is -2.45. The van der Waals surface area contributed by atoms with Crippen LogP contribution in [0.2, 0.25) is 0 Å². The molecule has 8 heteroatoms. The summed E-state index contributed by atoms with van der Waals surface area (Å²) in [5.41, 5.74) is 0.291. The largest absolute Gasteiger partial charge is 0.497 e. The number of hydrogen-bond donors (Lipinski definition) is 3. The molecule has 2 aromatic carbocycles. The number of rotatable bonds is 7. The third kappa shape index (κ3) is 6.62. The molecule has 8 nitrogen and oxygen atoms in total. The van der Waals surface area contributed by atoms with E-state index in [1.54, 1.807) is 26.2 Å². The quantitative estimate of drug-likeness (QED) is 0.480. The number of carbonyl (C=O) groups excluding carboxylic acids is 3. The van der Waals surface area contributed by atoms with Gasteiger partial charge < -0.3 is 25.2 Å². The number of nitrogens with one attached hydrogen (secondary N) is 2. The Balaban J connectivity index is 1.86. The first-order valence-corrected chi connectivity index (χ1v) is 8.87. The first kappa shape index (κ1) is 21.9. The number of carbonyl (C=O) groups is 3. The van der Waals surface area contributed by atoms with Gasteiger partial charge in [0.2, 0.25) is 0 Å². The van der Waals surface area contributed by atoms with Crippen LogP contribution in [0.3, 0.4) is 0 Å². The number of aliphatic hydroxyl groups is 1. The molecular formula is C21H24N2O6. The summed E-state index contributed by atoms with van der Waals surface area (Å²) in [6.07, 6.45) is 0.286. The molecule has 0 spiro atoms. The predicted molar refractivity (Wildman–Crippen MR) is 107 cm³/mol. The van der Waals surface area contributed by atoms with E-state index < -0.39 is 23.4 Å². The Hall–Kier alpha value is -3.39. The average Bonchev–Trinajstić information content (AvgIpc) is 2.72. The van der Waals surface area contributed by atoms with Crippen molar-refractivity contribution in [3.05, 3.63) is 59.7 Å². The van der Waals surface area contributed by atoms with Crippen molar-refractivity contribution in [2.45, 2.75) is 18.9 Å². The lowest BCUT2D eigenvalue weighted by Gasteiger charge is -2.23. The van der Waals surface area contributed by atoms with Crippen LogP contribution in [0, 0.1) is 0 Å². The third-order valence-electron chi connectivity index (χ3n) is 4.14. The fraction of sp³-hybridized carbons (Fsp3) is 0.286. The molecule has 0 radical (unpaired) electrons. The minimum atomic E-state index is -1.24. The Bertz CT molecular complexity index is 860. The highest BCUT2D eigenvalue weighted by Gasteiger charge is 2.24. The molecule has 154 valence electrons. The summed E-state index contributed by atoms with van der Waals surface area (Å²) in [4.78, 5) is 35.4. The minimum absolute atomic E-state index is 0.105. The fourth-order valence-corrected chi connectivity index (χ4v) is 2.59. The third-order valence-corrected chi connectivity index (χ3v) is 4.14. The van der Waals surface area contributed by atoms with Gasteiger partial charge in [-0.05, 0) is 48.9 Å². The van der Waals surface area contributed by atoms with Gasteiger partial charge in [0.15, 0.2) is 0 Å². The molecule has 1 atom stereocenters. The Morgan fingerprint density at radius 3 is 2.14 bits per heavy atom. The van der Waals surface area contributed by atoms with Crippen LogP contribution in [-0.4, -0.2) is 49.3 Å². The highest BCUT2D eigenvalue weighted by Crippen LogP contribution is 2.17. The highest BCUT2D eigenvalue weighted by molar-refractivity contribution is 6.39.